The first-order valence-corrected chi connectivity index (χ1v) is 8.73. The Balaban J connectivity index is 1.85. The fourth-order valence-corrected chi connectivity index (χ4v) is 2.63. The lowest BCUT2D eigenvalue weighted by Gasteiger charge is -2.10. The van der Waals surface area contributed by atoms with Crippen molar-refractivity contribution in [2.45, 2.75) is 20.3 Å². The third kappa shape index (κ3) is 4.85. The molecule has 0 saturated heterocycles. The minimum atomic E-state index is -0.984. The van der Waals surface area contributed by atoms with E-state index in [4.69, 9.17) is 0 Å². The number of halogens is 2. The summed E-state index contributed by atoms with van der Waals surface area (Å²) in [4.78, 5) is 21.3. The SMILES string of the molecule is CC(C)=Cc1nc(-c2ccccc2)cnc1NC(=O)Cc1ccc(F)c(F)c1. The fraction of sp³-hybridized carbons (Fsp3) is 0.136. The molecule has 142 valence electrons. The third-order valence-corrected chi connectivity index (χ3v) is 3.90. The molecule has 0 unspecified atom stereocenters. The molecule has 0 aliphatic carbocycles. The summed E-state index contributed by atoms with van der Waals surface area (Å²) in [7, 11) is 0. The molecule has 3 aromatic rings. The summed E-state index contributed by atoms with van der Waals surface area (Å²) in [6.07, 6.45) is 3.31. The lowest BCUT2D eigenvalue weighted by atomic mass is 10.1. The van der Waals surface area contributed by atoms with E-state index in [9.17, 15) is 13.6 Å². The van der Waals surface area contributed by atoms with E-state index in [2.05, 4.69) is 15.3 Å². The fourth-order valence-electron chi connectivity index (χ4n) is 2.63. The Hall–Kier alpha value is -3.41. The second kappa shape index (κ2) is 8.52. The molecule has 0 fully saturated rings. The van der Waals surface area contributed by atoms with E-state index in [1.54, 1.807) is 6.20 Å². The molecular weight excluding hydrogens is 360 g/mol. The van der Waals surface area contributed by atoms with E-state index in [0.29, 0.717) is 22.8 Å². The van der Waals surface area contributed by atoms with E-state index < -0.39 is 17.5 Å². The van der Waals surface area contributed by atoms with Gasteiger partial charge in [-0.3, -0.25) is 4.79 Å². The number of allylic oxidation sites excluding steroid dienone is 1. The van der Waals surface area contributed by atoms with Crippen LogP contribution in [0.5, 0.6) is 0 Å². The quantitative estimate of drug-likeness (QED) is 0.677. The van der Waals surface area contributed by atoms with Crippen LogP contribution in [0, 0.1) is 11.6 Å². The minimum Gasteiger partial charge on any atom is -0.309 e. The number of aromatic nitrogens is 2. The second-order valence-electron chi connectivity index (χ2n) is 6.55. The van der Waals surface area contributed by atoms with E-state index in [0.717, 1.165) is 23.3 Å². The summed E-state index contributed by atoms with van der Waals surface area (Å²) in [6.45, 7) is 3.84. The topological polar surface area (TPSA) is 54.9 Å². The molecule has 0 bridgehead atoms. The van der Waals surface area contributed by atoms with Gasteiger partial charge in [-0.1, -0.05) is 42.0 Å². The summed E-state index contributed by atoms with van der Waals surface area (Å²) < 4.78 is 26.4. The molecule has 1 aromatic heterocycles. The highest BCUT2D eigenvalue weighted by atomic mass is 19.2. The molecule has 3 rings (SSSR count). The first-order valence-electron chi connectivity index (χ1n) is 8.73. The molecule has 0 radical (unpaired) electrons. The number of anilines is 1. The number of nitrogens with one attached hydrogen (secondary N) is 1. The van der Waals surface area contributed by atoms with E-state index in [1.807, 2.05) is 50.3 Å². The van der Waals surface area contributed by atoms with Crippen molar-refractivity contribution in [3.05, 3.63) is 83.2 Å². The van der Waals surface area contributed by atoms with Crippen molar-refractivity contribution < 1.29 is 13.6 Å². The molecule has 2 aromatic carbocycles. The number of rotatable bonds is 5. The van der Waals surface area contributed by atoms with Gasteiger partial charge in [0.25, 0.3) is 0 Å². The van der Waals surface area contributed by atoms with Crippen LogP contribution in [0.25, 0.3) is 17.3 Å². The van der Waals surface area contributed by atoms with Crippen molar-refractivity contribution in [3.63, 3.8) is 0 Å². The van der Waals surface area contributed by atoms with Gasteiger partial charge in [-0.25, -0.2) is 18.7 Å². The molecule has 0 spiro atoms. The second-order valence-corrected chi connectivity index (χ2v) is 6.55. The number of hydrogen-bond donors (Lipinski definition) is 1. The highest BCUT2D eigenvalue weighted by molar-refractivity contribution is 5.93. The van der Waals surface area contributed by atoms with Gasteiger partial charge in [0.15, 0.2) is 17.5 Å². The van der Waals surface area contributed by atoms with Gasteiger partial charge >= 0.3 is 0 Å². The van der Waals surface area contributed by atoms with E-state index >= 15 is 0 Å². The van der Waals surface area contributed by atoms with Gasteiger partial charge in [0.1, 0.15) is 5.69 Å². The molecule has 1 heterocycles. The van der Waals surface area contributed by atoms with E-state index in [-0.39, 0.29) is 6.42 Å². The number of carbonyl (C=O) groups excluding carboxylic acids is 1. The largest absolute Gasteiger partial charge is 0.309 e. The van der Waals surface area contributed by atoms with Crippen LogP contribution < -0.4 is 5.32 Å². The van der Waals surface area contributed by atoms with Crippen molar-refractivity contribution in [1.29, 1.82) is 0 Å². The number of benzene rings is 2. The monoisotopic (exact) mass is 379 g/mol. The Morgan fingerprint density at radius 3 is 2.50 bits per heavy atom. The first-order chi connectivity index (χ1) is 13.4. The number of nitrogens with zero attached hydrogens (tertiary/aromatic N) is 2. The molecule has 1 N–H and O–H groups in total. The van der Waals surface area contributed by atoms with Crippen molar-refractivity contribution in [2.75, 3.05) is 5.32 Å². The molecule has 0 aliphatic heterocycles. The molecule has 0 saturated carbocycles. The van der Waals surface area contributed by atoms with Crippen molar-refractivity contribution in [3.8, 4) is 11.3 Å². The average Bonchev–Trinajstić information content (AvgIpc) is 2.66. The Kier molecular flexibility index (Phi) is 5.89. The van der Waals surface area contributed by atoms with Gasteiger partial charge < -0.3 is 5.32 Å². The van der Waals surface area contributed by atoms with Crippen LogP contribution in [0.1, 0.15) is 25.1 Å². The lowest BCUT2D eigenvalue weighted by Crippen LogP contribution is -2.17. The molecule has 0 aliphatic rings. The summed E-state index contributed by atoms with van der Waals surface area (Å²) in [6, 6.07) is 13.0. The van der Waals surface area contributed by atoms with Gasteiger partial charge in [0, 0.05) is 5.56 Å². The smallest absolute Gasteiger partial charge is 0.230 e. The van der Waals surface area contributed by atoms with Gasteiger partial charge in [0.05, 0.1) is 18.3 Å². The van der Waals surface area contributed by atoms with Crippen molar-refractivity contribution in [1.82, 2.24) is 9.97 Å². The molecular formula is C22H19F2N3O. The standard InChI is InChI=1S/C22H19F2N3O/c1-14(2)10-19-22(25-13-20(26-19)16-6-4-3-5-7-16)27-21(28)12-15-8-9-17(23)18(24)11-15/h3-11,13H,12H2,1-2H3,(H,25,27,28). The predicted molar refractivity (Wildman–Crippen MR) is 105 cm³/mol. The Morgan fingerprint density at radius 1 is 1.07 bits per heavy atom. The van der Waals surface area contributed by atoms with Crippen LogP contribution >= 0.6 is 0 Å². The zero-order valence-corrected chi connectivity index (χ0v) is 15.5. The highest BCUT2D eigenvalue weighted by Crippen LogP contribution is 2.21. The lowest BCUT2D eigenvalue weighted by molar-refractivity contribution is -0.115. The molecule has 1 amide bonds. The Morgan fingerprint density at radius 2 is 1.82 bits per heavy atom. The van der Waals surface area contributed by atoms with Crippen LogP contribution in [0.15, 0.2) is 60.3 Å². The Bertz CT molecular complexity index is 1030. The number of amides is 1. The highest BCUT2D eigenvalue weighted by Gasteiger charge is 2.12. The minimum absolute atomic E-state index is 0.104. The number of hydrogen-bond acceptors (Lipinski definition) is 3. The average molecular weight is 379 g/mol. The molecule has 0 atom stereocenters. The van der Waals surface area contributed by atoms with Crippen molar-refractivity contribution in [2.24, 2.45) is 0 Å². The van der Waals surface area contributed by atoms with Crippen LogP contribution in [-0.4, -0.2) is 15.9 Å². The normalized spacial score (nSPS) is 10.4. The van der Waals surface area contributed by atoms with Crippen LogP contribution in [0.2, 0.25) is 0 Å². The maximum Gasteiger partial charge on any atom is 0.230 e. The third-order valence-electron chi connectivity index (χ3n) is 3.90. The maximum atomic E-state index is 13.3. The molecule has 28 heavy (non-hydrogen) atoms. The number of carbonyl (C=O) groups is 1. The van der Waals surface area contributed by atoms with Crippen LogP contribution in [0.4, 0.5) is 14.6 Å². The van der Waals surface area contributed by atoms with Crippen molar-refractivity contribution >= 4 is 17.8 Å². The van der Waals surface area contributed by atoms with Gasteiger partial charge in [-0.05, 0) is 37.6 Å². The Labute approximate surface area is 162 Å². The maximum absolute atomic E-state index is 13.3. The summed E-state index contributed by atoms with van der Waals surface area (Å²) in [5, 5.41) is 2.70. The summed E-state index contributed by atoms with van der Waals surface area (Å²) in [5.41, 5.74) is 3.49. The predicted octanol–water partition coefficient (Wildman–Crippen LogP) is 5.03. The van der Waals surface area contributed by atoms with Gasteiger partial charge in [-0.15, -0.1) is 0 Å². The van der Waals surface area contributed by atoms with Gasteiger partial charge in [0.2, 0.25) is 5.91 Å². The molecule has 4 nitrogen and oxygen atoms in total. The van der Waals surface area contributed by atoms with Crippen LogP contribution in [0.3, 0.4) is 0 Å². The zero-order chi connectivity index (χ0) is 20.1. The summed E-state index contributed by atoms with van der Waals surface area (Å²) >= 11 is 0. The van der Waals surface area contributed by atoms with Crippen LogP contribution in [-0.2, 0) is 11.2 Å². The summed E-state index contributed by atoms with van der Waals surface area (Å²) in [5.74, 6) is -2.01. The van der Waals surface area contributed by atoms with E-state index in [1.165, 1.54) is 6.07 Å². The first kappa shape index (κ1) is 19.4. The zero-order valence-electron chi connectivity index (χ0n) is 15.5. The van der Waals surface area contributed by atoms with Gasteiger partial charge in [-0.2, -0.15) is 0 Å². The molecule has 6 heteroatoms.